The first-order valence-corrected chi connectivity index (χ1v) is 9.53. The molecule has 0 aromatic heterocycles. The van der Waals surface area contributed by atoms with E-state index in [-0.39, 0.29) is 19.3 Å². The monoisotopic (exact) mass is 412 g/mol. The van der Waals surface area contributed by atoms with Crippen LogP contribution in [0, 0.1) is 0 Å². The Balaban J connectivity index is 1.38. The van der Waals surface area contributed by atoms with Gasteiger partial charge in [-0.25, -0.2) is 9.59 Å². The second-order valence-corrected chi connectivity index (χ2v) is 7.13. The Labute approximate surface area is 172 Å². The minimum absolute atomic E-state index is 0.0390. The largest absolute Gasteiger partial charge is 0.465 e. The molecule has 4 rings (SSSR count). The first-order chi connectivity index (χ1) is 14.5. The van der Waals surface area contributed by atoms with Gasteiger partial charge in [0.2, 0.25) is 6.79 Å². The first kappa shape index (κ1) is 19.7. The van der Waals surface area contributed by atoms with Gasteiger partial charge in [-0.05, 0) is 17.7 Å². The molecule has 0 aliphatic carbocycles. The Bertz CT molecular complexity index is 992. The number of imide groups is 1. The minimum Gasteiger partial charge on any atom is -0.465 e. The summed E-state index contributed by atoms with van der Waals surface area (Å²) in [5, 5.41) is 4.90. The van der Waals surface area contributed by atoms with Crippen LogP contribution in [-0.2, 0) is 27.3 Å². The van der Waals surface area contributed by atoms with Gasteiger partial charge in [0.15, 0.2) is 24.1 Å². The summed E-state index contributed by atoms with van der Waals surface area (Å²) in [5.74, 6) is 0.255. The predicted molar refractivity (Wildman–Crippen MR) is 105 cm³/mol. The summed E-state index contributed by atoms with van der Waals surface area (Å²) in [6.07, 6.45) is 0.481. The molecule has 2 aromatic carbocycles. The molecule has 2 heterocycles. The molecular formula is C21H22N3O6+. The van der Waals surface area contributed by atoms with Crippen LogP contribution in [0.4, 0.5) is 10.5 Å². The fraction of sp³-hybridized carbons (Fsp3) is 0.286. The fourth-order valence-corrected chi connectivity index (χ4v) is 3.75. The zero-order valence-corrected chi connectivity index (χ0v) is 16.4. The molecule has 3 amide bonds. The van der Waals surface area contributed by atoms with E-state index in [1.807, 2.05) is 24.3 Å². The molecule has 1 unspecified atom stereocenters. The van der Waals surface area contributed by atoms with Gasteiger partial charge < -0.3 is 24.4 Å². The van der Waals surface area contributed by atoms with Gasteiger partial charge in [-0.1, -0.05) is 24.3 Å². The van der Waals surface area contributed by atoms with Crippen molar-refractivity contribution in [1.82, 2.24) is 5.32 Å². The topological polar surface area (TPSA) is 107 Å². The van der Waals surface area contributed by atoms with Crippen LogP contribution < -0.4 is 25.0 Å². The third-order valence-corrected chi connectivity index (χ3v) is 5.21. The molecule has 0 fully saturated rings. The molecule has 30 heavy (non-hydrogen) atoms. The highest BCUT2D eigenvalue weighted by Crippen LogP contribution is 2.34. The molecular weight excluding hydrogens is 390 g/mol. The number of fused-ring (bicyclic) bond motifs is 2. The Morgan fingerprint density at radius 3 is 2.67 bits per heavy atom. The molecule has 0 spiro atoms. The summed E-state index contributed by atoms with van der Waals surface area (Å²) >= 11 is 0. The van der Waals surface area contributed by atoms with E-state index >= 15 is 0 Å². The van der Waals surface area contributed by atoms with E-state index in [4.69, 9.17) is 14.2 Å². The number of rotatable bonds is 4. The van der Waals surface area contributed by atoms with E-state index in [1.165, 1.54) is 7.11 Å². The number of hydrogen-bond acceptors (Lipinski definition) is 6. The van der Waals surface area contributed by atoms with E-state index in [2.05, 4.69) is 10.6 Å². The van der Waals surface area contributed by atoms with Gasteiger partial charge in [0.05, 0.1) is 7.11 Å². The molecule has 2 aromatic rings. The van der Waals surface area contributed by atoms with Crippen LogP contribution in [0.2, 0.25) is 0 Å². The van der Waals surface area contributed by atoms with E-state index < -0.39 is 18.0 Å². The van der Waals surface area contributed by atoms with E-state index in [9.17, 15) is 14.4 Å². The van der Waals surface area contributed by atoms with Crippen LogP contribution in [0.1, 0.15) is 11.1 Å². The fourth-order valence-electron chi connectivity index (χ4n) is 3.75. The molecule has 0 radical (unpaired) electrons. The highest BCUT2D eigenvalue weighted by Gasteiger charge is 2.37. The number of quaternary nitrogens is 1. The maximum atomic E-state index is 12.5. The third kappa shape index (κ3) is 4.20. The molecule has 9 nitrogen and oxygen atoms in total. The summed E-state index contributed by atoms with van der Waals surface area (Å²) in [4.78, 5) is 37.7. The van der Waals surface area contributed by atoms with Crippen LogP contribution in [0.25, 0.3) is 0 Å². The van der Waals surface area contributed by atoms with Crippen molar-refractivity contribution in [2.24, 2.45) is 0 Å². The summed E-state index contributed by atoms with van der Waals surface area (Å²) < 4.78 is 15.4. The van der Waals surface area contributed by atoms with Crippen molar-refractivity contribution >= 4 is 23.6 Å². The molecule has 2 aliphatic heterocycles. The number of amides is 3. The van der Waals surface area contributed by atoms with Crippen LogP contribution in [0.5, 0.6) is 11.5 Å². The zero-order valence-electron chi connectivity index (χ0n) is 16.4. The van der Waals surface area contributed by atoms with Gasteiger partial charge in [-0.2, -0.15) is 0 Å². The standard InChI is InChI=1S/C21H21N3O6/c1-28-20(26)16-8-13-4-2-3-5-14(13)10-24(16)11-19(25)23-21(27)22-15-6-7-17-18(9-15)30-12-29-17/h2-7,9,16H,8,10-12H2,1H3,(H2,22,23,25,27)/p+1/t16-/m1/s1. The van der Waals surface area contributed by atoms with Crippen LogP contribution in [-0.4, -0.2) is 44.4 Å². The summed E-state index contributed by atoms with van der Waals surface area (Å²) in [6, 6.07) is 11.6. The molecule has 3 N–H and O–H groups in total. The number of carbonyl (C=O) groups excluding carboxylic acids is 3. The summed E-state index contributed by atoms with van der Waals surface area (Å²) in [5.41, 5.74) is 2.61. The first-order valence-electron chi connectivity index (χ1n) is 9.53. The molecule has 9 heteroatoms. The number of urea groups is 1. The number of benzene rings is 2. The van der Waals surface area contributed by atoms with Crippen LogP contribution in [0.3, 0.4) is 0 Å². The lowest BCUT2D eigenvalue weighted by Gasteiger charge is -2.31. The highest BCUT2D eigenvalue weighted by molar-refractivity contribution is 6.01. The summed E-state index contributed by atoms with van der Waals surface area (Å²) in [7, 11) is 1.33. The number of nitrogens with one attached hydrogen (secondary N) is 3. The minimum atomic E-state index is -0.662. The molecule has 0 bridgehead atoms. The number of methoxy groups -OCH3 is 1. The third-order valence-electron chi connectivity index (χ3n) is 5.21. The van der Waals surface area contributed by atoms with Gasteiger partial charge in [0.25, 0.3) is 5.91 Å². The lowest BCUT2D eigenvalue weighted by Crippen LogP contribution is -3.17. The number of carbonyl (C=O) groups is 3. The smallest absolute Gasteiger partial charge is 0.365 e. The Morgan fingerprint density at radius 2 is 1.87 bits per heavy atom. The normalized spacial score (nSPS) is 18.8. The lowest BCUT2D eigenvalue weighted by atomic mass is 9.94. The van der Waals surface area contributed by atoms with Crippen LogP contribution in [0.15, 0.2) is 42.5 Å². The predicted octanol–water partition coefficient (Wildman–Crippen LogP) is 0.246. The van der Waals surface area contributed by atoms with Crippen molar-refractivity contribution in [3.05, 3.63) is 53.6 Å². The number of ether oxygens (including phenoxy) is 3. The zero-order chi connectivity index (χ0) is 21.1. The van der Waals surface area contributed by atoms with Gasteiger partial charge in [0.1, 0.15) is 6.54 Å². The van der Waals surface area contributed by atoms with E-state index in [0.29, 0.717) is 30.2 Å². The second kappa shape index (κ2) is 8.42. The maximum absolute atomic E-state index is 12.5. The highest BCUT2D eigenvalue weighted by atomic mass is 16.7. The Hall–Kier alpha value is -3.59. The Morgan fingerprint density at radius 1 is 1.10 bits per heavy atom. The quantitative estimate of drug-likeness (QED) is 0.622. The SMILES string of the molecule is COC(=O)[C@H]1Cc2ccccc2C[NH+]1CC(=O)NC(=O)Nc1ccc2c(c1)OCO2. The molecule has 2 atom stereocenters. The average Bonchev–Trinajstić information content (AvgIpc) is 3.20. The maximum Gasteiger partial charge on any atom is 0.365 e. The summed E-state index contributed by atoms with van der Waals surface area (Å²) in [6.45, 7) is 0.586. The van der Waals surface area contributed by atoms with Crippen LogP contribution >= 0.6 is 0 Å². The van der Waals surface area contributed by atoms with E-state index in [1.54, 1.807) is 18.2 Å². The van der Waals surface area contributed by atoms with Crippen molar-refractivity contribution in [2.45, 2.75) is 19.0 Å². The van der Waals surface area contributed by atoms with Gasteiger partial charge >= 0.3 is 12.0 Å². The number of anilines is 1. The average molecular weight is 412 g/mol. The van der Waals surface area contributed by atoms with Crippen molar-refractivity contribution < 1.29 is 33.5 Å². The Kier molecular flexibility index (Phi) is 5.53. The van der Waals surface area contributed by atoms with Gasteiger partial charge in [-0.3, -0.25) is 10.1 Å². The molecule has 0 saturated carbocycles. The second-order valence-electron chi connectivity index (χ2n) is 7.13. The lowest BCUT2D eigenvalue weighted by molar-refractivity contribution is -0.924. The van der Waals surface area contributed by atoms with Gasteiger partial charge in [0, 0.05) is 23.7 Å². The van der Waals surface area contributed by atoms with Crippen molar-refractivity contribution in [3.63, 3.8) is 0 Å². The molecule has 0 saturated heterocycles. The number of hydrogen-bond donors (Lipinski definition) is 3. The van der Waals surface area contributed by atoms with Crippen molar-refractivity contribution in [2.75, 3.05) is 25.8 Å². The van der Waals surface area contributed by atoms with Crippen molar-refractivity contribution in [3.8, 4) is 11.5 Å². The van der Waals surface area contributed by atoms with Gasteiger partial charge in [-0.15, -0.1) is 0 Å². The molecule has 2 aliphatic rings. The number of esters is 1. The van der Waals surface area contributed by atoms with Crippen molar-refractivity contribution in [1.29, 1.82) is 0 Å². The molecule has 156 valence electrons. The van der Waals surface area contributed by atoms with E-state index in [0.717, 1.165) is 16.0 Å².